The Kier molecular flexibility index (Phi) is 6.33. The van der Waals surface area contributed by atoms with Crippen molar-refractivity contribution < 1.29 is 14.0 Å². The van der Waals surface area contributed by atoms with Gasteiger partial charge in [-0.1, -0.05) is 43.0 Å². The van der Waals surface area contributed by atoms with Crippen molar-refractivity contribution in [1.82, 2.24) is 5.32 Å². The van der Waals surface area contributed by atoms with Gasteiger partial charge in [0.05, 0.1) is 6.26 Å². The van der Waals surface area contributed by atoms with E-state index < -0.39 is 6.04 Å². The van der Waals surface area contributed by atoms with Crippen LogP contribution in [0.15, 0.2) is 64.6 Å². The van der Waals surface area contributed by atoms with Crippen molar-refractivity contribution in [2.24, 2.45) is 0 Å². The van der Waals surface area contributed by atoms with Gasteiger partial charge in [0.15, 0.2) is 11.8 Å². The third-order valence-corrected chi connectivity index (χ3v) is 6.46. The van der Waals surface area contributed by atoms with Gasteiger partial charge < -0.3 is 9.73 Å². The highest BCUT2D eigenvalue weighted by Gasteiger charge is 2.36. The van der Waals surface area contributed by atoms with Crippen molar-refractivity contribution in [2.45, 2.75) is 51.1 Å². The van der Waals surface area contributed by atoms with Crippen LogP contribution in [0.2, 0.25) is 0 Å². The normalized spacial score (nSPS) is 15.5. The molecule has 0 radical (unpaired) electrons. The molecule has 0 saturated heterocycles. The summed E-state index contributed by atoms with van der Waals surface area (Å²) in [4.78, 5) is 29.4. The molecule has 5 nitrogen and oxygen atoms in total. The molecule has 1 aliphatic carbocycles. The minimum atomic E-state index is -0.757. The molecule has 1 saturated carbocycles. The van der Waals surface area contributed by atoms with Crippen LogP contribution in [0.1, 0.15) is 59.1 Å². The van der Waals surface area contributed by atoms with Gasteiger partial charge in [-0.05, 0) is 55.5 Å². The first-order chi connectivity index (χ1) is 14.6. The topological polar surface area (TPSA) is 62.6 Å². The molecule has 1 aromatic carbocycles. The van der Waals surface area contributed by atoms with Gasteiger partial charge in [0.2, 0.25) is 5.91 Å². The third kappa shape index (κ3) is 4.49. The molecule has 0 bridgehead atoms. The fourth-order valence-electron chi connectivity index (χ4n) is 3.96. The summed E-state index contributed by atoms with van der Waals surface area (Å²) in [6.07, 6.45) is 6.92. The molecule has 6 heteroatoms. The maximum atomic E-state index is 13.5. The Morgan fingerprint density at radius 3 is 2.47 bits per heavy atom. The summed E-state index contributed by atoms with van der Waals surface area (Å²) >= 11 is 1.48. The standard InChI is InChI=1S/C24H26N2O3S/c1-17-11-13-19(14-12-17)26(24(28)20-9-5-15-29-20)22(21-10-6-16-30-21)23(27)25-18-7-3-2-4-8-18/h5-6,9-16,18,22H,2-4,7-8H2,1H3,(H,25,27). The van der Waals surface area contributed by atoms with E-state index in [1.807, 2.05) is 48.7 Å². The van der Waals surface area contributed by atoms with E-state index in [1.165, 1.54) is 24.0 Å². The zero-order valence-corrected chi connectivity index (χ0v) is 17.9. The molecular weight excluding hydrogens is 396 g/mol. The summed E-state index contributed by atoms with van der Waals surface area (Å²) in [5, 5.41) is 5.14. The molecule has 0 spiro atoms. The number of nitrogens with one attached hydrogen (secondary N) is 1. The molecule has 156 valence electrons. The van der Waals surface area contributed by atoms with Crippen LogP contribution in [-0.2, 0) is 4.79 Å². The lowest BCUT2D eigenvalue weighted by Crippen LogP contribution is -2.47. The monoisotopic (exact) mass is 422 g/mol. The molecule has 30 heavy (non-hydrogen) atoms. The Morgan fingerprint density at radius 2 is 1.83 bits per heavy atom. The second-order valence-corrected chi connectivity index (χ2v) is 8.73. The van der Waals surface area contributed by atoms with Crippen molar-refractivity contribution in [1.29, 1.82) is 0 Å². The van der Waals surface area contributed by atoms with Gasteiger partial charge in [-0.2, -0.15) is 0 Å². The minimum Gasteiger partial charge on any atom is -0.459 e. The molecular formula is C24H26N2O3S. The number of aryl methyl sites for hydroxylation is 1. The van der Waals surface area contributed by atoms with E-state index in [9.17, 15) is 9.59 Å². The minimum absolute atomic E-state index is 0.148. The lowest BCUT2D eigenvalue weighted by Gasteiger charge is -2.32. The number of amides is 2. The summed E-state index contributed by atoms with van der Waals surface area (Å²) in [5.41, 5.74) is 1.75. The SMILES string of the molecule is Cc1ccc(N(C(=O)c2ccco2)C(C(=O)NC2CCCCC2)c2cccs2)cc1. The van der Waals surface area contributed by atoms with Gasteiger partial charge >= 0.3 is 0 Å². The summed E-state index contributed by atoms with van der Waals surface area (Å²) in [6.45, 7) is 2.00. The molecule has 3 aromatic rings. The number of anilines is 1. The Balaban J connectivity index is 1.73. The molecule has 1 aliphatic rings. The zero-order chi connectivity index (χ0) is 20.9. The number of carbonyl (C=O) groups is 2. The smallest absolute Gasteiger partial charge is 0.295 e. The van der Waals surface area contributed by atoms with Gasteiger partial charge in [-0.15, -0.1) is 11.3 Å². The van der Waals surface area contributed by atoms with Crippen LogP contribution in [-0.4, -0.2) is 17.9 Å². The molecule has 4 rings (SSSR count). The largest absolute Gasteiger partial charge is 0.459 e. The molecule has 2 amide bonds. The van der Waals surface area contributed by atoms with E-state index >= 15 is 0 Å². The lowest BCUT2D eigenvalue weighted by molar-refractivity contribution is -0.123. The molecule has 1 fully saturated rings. The van der Waals surface area contributed by atoms with E-state index in [2.05, 4.69) is 5.32 Å². The van der Waals surface area contributed by atoms with Crippen molar-refractivity contribution in [2.75, 3.05) is 4.90 Å². The number of hydrogen-bond acceptors (Lipinski definition) is 4. The van der Waals surface area contributed by atoms with Crippen molar-refractivity contribution in [3.05, 3.63) is 76.4 Å². The maximum absolute atomic E-state index is 13.5. The summed E-state index contributed by atoms with van der Waals surface area (Å²) in [7, 11) is 0. The van der Waals surface area contributed by atoms with E-state index in [0.717, 1.165) is 36.1 Å². The lowest BCUT2D eigenvalue weighted by atomic mass is 9.95. The highest BCUT2D eigenvalue weighted by atomic mass is 32.1. The van der Waals surface area contributed by atoms with Crippen LogP contribution in [0, 0.1) is 6.92 Å². The number of furan rings is 1. The molecule has 0 aliphatic heterocycles. The Hall–Kier alpha value is -2.86. The van der Waals surface area contributed by atoms with Gasteiger partial charge in [-0.3, -0.25) is 14.5 Å². The van der Waals surface area contributed by atoms with Crippen LogP contribution in [0.5, 0.6) is 0 Å². The molecule has 2 aromatic heterocycles. The highest BCUT2D eigenvalue weighted by molar-refractivity contribution is 7.10. The Bertz CT molecular complexity index is 959. The second-order valence-electron chi connectivity index (χ2n) is 7.75. The maximum Gasteiger partial charge on any atom is 0.295 e. The fraction of sp³-hybridized carbons (Fsp3) is 0.333. The van der Waals surface area contributed by atoms with Crippen LogP contribution in [0.3, 0.4) is 0 Å². The van der Waals surface area contributed by atoms with Gasteiger partial charge in [-0.25, -0.2) is 0 Å². The predicted octanol–water partition coefficient (Wildman–Crippen LogP) is 5.49. The van der Waals surface area contributed by atoms with E-state index in [1.54, 1.807) is 17.0 Å². The summed E-state index contributed by atoms with van der Waals surface area (Å²) in [6, 6.07) is 14.2. The second kappa shape index (κ2) is 9.30. The summed E-state index contributed by atoms with van der Waals surface area (Å²) in [5.74, 6) is -0.270. The number of thiophene rings is 1. The van der Waals surface area contributed by atoms with Crippen LogP contribution in [0.4, 0.5) is 5.69 Å². The van der Waals surface area contributed by atoms with Crippen LogP contribution in [0.25, 0.3) is 0 Å². The van der Waals surface area contributed by atoms with Crippen LogP contribution >= 0.6 is 11.3 Å². The summed E-state index contributed by atoms with van der Waals surface area (Å²) < 4.78 is 5.40. The van der Waals surface area contributed by atoms with Crippen molar-refractivity contribution in [3.8, 4) is 0 Å². The van der Waals surface area contributed by atoms with E-state index in [0.29, 0.717) is 5.69 Å². The predicted molar refractivity (Wildman–Crippen MR) is 119 cm³/mol. The van der Waals surface area contributed by atoms with Crippen molar-refractivity contribution in [3.63, 3.8) is 0 Å². The first-order valence-corrected chi connectivity index (χ1v) is 11.3. The first-order valence-electron chi connectivity index (χ1n) is 10.4. The fourth-order valence-corrected chi connectivity index (χ4v) is 4.77. The number of hydrogen-bond donors (Lipinski definition) is 1. The zero-order valence-electron chi connectivity index (χ0n) is 17.0. The highest BCUT2D eigenvalue weighted by Crippen LogP contribution is 2.33. The van der Waals surface area contributed by atoms with E-state index in [-0.39, 0.29) is 23.6 Å². The number of rotatable bonds is 6. The average molecular weight is 423 g/mol. The van der Waals surface area contributed by atoms with E-state index in [4.69, 9.17) is 4.42 Å². The van der Waals surface area contributed by atoms with Gasteiger partial charge in [0.1, 0.15) is 0 Å². The molecule has 2 heterocycles. The Morgan fingerprint density at radius 1 is 1.07 bits per heavy atom. The van der Waals surface area contributed by atoms with Gasteiger partial charge in [0, 0.05) is 16.6 Å². The first kappa shape index (κ1) is 20.4. The number of nitrogens with zero attached hydrogens (tertiary/aromatic N) is 1. The molecule has 1 unspecified atom stereocenters. The Labute approximate surface area is 180 Å². The third-order valence-electron chi connectivity index (χ3n) is 5.53. The number of benzene rings is 1. The molecule has 1 atom stereocenters. The number of carbonyl (C=O) groups excluding carboxylic acids is 2. The van der Waals surface area contributed by atoms with Crippen molar-refractivity contribution >= 4 is 28.8 Å². The van der Waals surface area contributed by atoms with Crippen LogP contribution < -0.4 is 10.2 Å². The quantitative estimate of drug-likeness (QED) is 0.572. The average Bonchev–Trinajstić information content (AvgIpc) is 3.47. The molecule has 1 N–H and O–H groups in total. The van der Waals surface area contributed by atoms with Gasteiger partial charge in [0.25, 0.3) is 5.91 Å².